The Balaban J connectivity index is 2.28. The molecule has 60 valence electrons. The normalized spacial score (nSPS) is 9.91. The van der Waals surface area contributed by atoms with Gasteiger partial charge in [0.1, 0.15) is 0 Å². The number of halogens is 1. The summed E-state index contributed by atoms with van der Waals surface area (Å²) in [6.45, 7) is 1.54. The van der Waals surface area contributed by atoms with Gasteiger partial charge < -0.3 is 5.32 Å². The van der Waals surface area contributed by atoms with Crippen molar-refractivity contribution in [1.29, 1.82) is 0 Å². The van der Waals surface area contributed by atoms with E-state index in [4.69, 9.17) is 11.6 Å². The molecule has 0 amide bonds. The van der Waals surface area contributed by atoms with E-state index < -0.39 is 0 Å². The fourth-order valence-corrected chi connectivity index (χ4v) is 0.838. The van der Waals surface area contributed by atoms with Gasteiger partial charge in [0.25, 0.3) is 0 Å². The van der Waals surface area contributed by atoms with E-state index >= 15 is 0 Å². The number of rotatable bonds is 4. The van der Waals surface area contributed by atoms with Crippen LogP contribution in [0.15, 0.2) is 18.6 Å². The first-order chi connectivity index (χ1) is 5.43. The molecule has 1 aromatic heterocycles. The molecule has 0 saturated carbocycles. The molecule has 1 N–H and O–H groups in total. The average Bonchev–Trinajstić information content (AvgIpc) is 2.07. The van der Waals surface area contributed by atoms with Crippen molar-refractivity contribution in [3.63, 3.8) is 0 Å². The molecule has 0 spiro atoms. The monoisotopic (exact) mass is 171 g/mol. The first kappa shape index (κ1) is 8.43. The van der Waals surface area contributed by atoms with Crippen LogP contribution in [0.1, 0.15) is 5.69 Å². The van der Waals surface area contributed by atoms with E-state index in [-0.39, 0.29) is 0 Å². The van der Waals surface area contributed by atoms with Crippen LogP contribution in [0.4, 0.5) is 0 Å². The molecule has 0 bridgehead atoms. The fraction of sp³-hybridized carbons (Fsp3) is 0.429. The topological polar surface area (TPSA) is 37.8 Å². The SMILES string of the molecule is ClCCNCc1cnccn1. The highest BCUT2D eigenvalue weighted by molar-refractivity contribution is 6.18. The first-order valence-corrected chi connectivity index (χ1v) is 3.98. The van der Waals surface area contributed by atoms with Crippen LogP contribution in [0.25, 0.3) is 0 Å². The molecule has 3 nitrogen and oxygen atoms in total. The fourth-order valence-electron chi connectivity index (χ4n) is 0.705. The minimum atomic E-state index is 0.625. The molecule has 1 aromatic rings. The maximum Gasteiger partial charge on any atom is 0.0724 e. The van der Waals surface area contributed by atoms with Crippen molar-refractivity contribution in [3.8, 4) is 0 Å². The minimum Gasteiger partial charge on any atom is -0.310 e. The maximum absolute atomic E-state index is 5.47. The largest absolute Gasteiger partial charge is 0.310 e. The highest BCUT2D eigenvalue weighted by atomic mass is 35.5. The summed E-state index contributed by atoms with van der Waals surface area (Å²) < 4.78 is 0. The Morgan fingerprint density at radius 1 is 1.45 bits per heavy atom. The summed E-state index contributed by atoms with van der Waals surface area (Å²) in [5.74, 6) is 0.625. The molecule has 1 heterocycles. The lowest BCUT2D eigenvalue weighted by Crippen LogP contribution is -2.16. The third-order valence-electron chi connectivity index (χ3n) is 1.19. The quantitative estimate of drug-likeness (QED) is 0.538. The zero-order chi connectivity index (χ0) is 7.94. The zero-order valence-electron chi connectivity index (χ0n) is 6.13. The predicted octanol–water partition coefficient (Wildman–Crippen LogP) is 0.805. The summed E-state index contributed by atoms with van der Waals surface area (Å²) in [5.41, 5.74) is 0.942. The number of nitrogens with one attached hydrogen (secondary N) is 1. The standard InChI is InChI=1S/C7H10ClN3/c8-1-2-9-5-7-6-10-3-4-11-7/h3-4,6,9H,1-2,5H2. The van der Waals surface area contributed by atoms with Crippen LogP contribution in [-0.2, 0) is 6.54 Å². The van der Waals surface area contributed by atoms with Gasteiger partial charge in [-0.2, -0.15) is 0 Å². The molecule has 0 unspecified atom stereocenters. The summed E-state index contributed by atoms with van der Waals surface area (Å²) in [6.07, 6.45) is 5.07. The molecular weight excluding hydrogens is 162 g/mol. The molecule has 11 heavy (non-hydrogen) atoms. The Kier molecular flexibility index (Phi) is 3.86. The van der Waals surface area contributed by atoms with Gasteiger partial charge in [0.05, 0.1) is 5.69 Å². The lowest BCUT2D eigenvalue weighted by Gasteiger charge is -1.99. The highest BCUT2D eigenvalue weighted by Gasteiger charge is 1.90. The van der Waals surface area contributed by atoms with E-state index in [1.807, 2.05) is 0 Å². The third kappa shape index (κ3) is 3.30. The molecule has 0 aromatic carbocycles. The molecule has 0 saturated heterocycles. The summed E-state index contributed by atoms with van der Waals surface area (Å²) >= 11 is 5.47. The minimum absolute atomic E-state index is 0.625. The van der Waals surface area contributed by atoms with Crippen LogP contribution >= 0.6 is 11.6 Å². The van der Waals surface area contributed by atoms with Gasteiger partial charge in [-0.25, -0.2) is 0 Å². The van der Waals surface area contributed by atoms with Gasteiger partial charge in [0.15, 0.2) is 0 Å². The van der Waals surface area contributed by atoms with Crippen molar-refractivity contribution in [3.05, 3.63) is 24.3 Å². The van der Waals surface area contributed by atoms with Gasteiger partial charge >= 0.3 is 0 Å². The second-order valence-electron chi connectivity index (χ2n) is 2.06. The van der Waals surface area contributed by atoms with Crippen molar-refractivity contribution in [2.45, 2.75) is 6.54 Å². The van der Waals surface area contributed by atoms with E-state index in [1.165, 1.54) is 0 Å². The highest BCUT2D eigenvalue weighted by Crippen LogP contribution is 1.87. The summed E-state index contributed by atoms with van der Waals surface area (Å²) in [4.78, 5) is 8.01. The maximum atomic E-state index is 5.47. The van der Waals surface area contributed by atoms with Crippen LogP contribution in [-0.4, -0.2) is 22.4 Å². The molecule has 1 rings (SSSR count). The molecule has 0 atom stereocenters. The molecule has 0 aliphatic rings. The van der Waals surface area contributed by atoms with Crippen LogP contribution in [0.3, 0.4) is 0 Å². The van der Waals surface area contributed by atoms with Gasteiger partial charge in [0, 0.05) is 37.6 Å². The molecule has 4 heteroatoms. The van der Waals surface area contributed by atoms with Crippen molar-refractivity contribution in [1.82, 2.24) is 15.3 Å². The van der Waals surface area contributed by atoms with E-state index in [0.29, 0.717) is 5.88 Å². The summed E-state index contributed by atoms with van der Waals surface area (Å²) in [6, 6.07) is 0. The van der Waals surface area contributed by atoms with Crippen molar-refractivity contribution in [2.75, 3.05) is 12.4 Å². The molecule has 0 radical (unpaired) electrons. The van der Waals surface area contributed by atoms with E-state index in [2.05, 4.69) is 15.3 Å². The Morgan fingerprint density at radius 2 is 2.36 bits per heavy atom. The molecule has 0 fully saturated rings. The lowest BCUT2D eigenvalue weighted by atomic mass is 10.4. The van der Waals surface area contributed by atoms with Crippen LogP contribution < -0.4 is 5.32 Å². The molecule has 0 aliphatic carbocycles. The number of aromatic nitrogens is 2. The average molecular weight is 172 g/mol. The van der Waals surface area contributed by atoms with Crippen LogP contribution in [0.5, 0.6) is 0 Å². The zero-order valence-corrected chi connectivity index (χ0v) is 6.88. The van der Waals surface area contributed by atoms with Crippen molar-refractivity contribution < 1.29 is 0 Å². The third-order valence-corrected chi connectivity index (χ3v) is 1.38. The van der Waals surface area contributed by atoms with Crippen LogP contribution in [0, 0.1) is 0 Å². The lowest BCUT2D eigenvalue weighted by molar-refractivity contribution is 0.710. The summed E-state index contributed by atoms with van der Waals surface area (Å²) in [7, 11) is 0. The van der Waals surface area contributed by atoms with E-state index in [9.17, 15) is 0 Å². The van der Waals surface area contributed by atoms with Gasteiger partial charge in [-0.05, 0) is 0 Å². The van der Waals surface area contributed by atoms with E-state index in [0.717, 1.165) is 18.8 Å². The van der Waals surface area contributed by atoms with Crippen LogP contribution in [0.2, 0.25) is 0 Å². The van der Waals surface area contributed by atoms with Gasteiger partial charge in [-0.15, -0.1) is 11.6 Å². The Morgan fingerprint density at radius 3 is 3.00 bits per heavy atom. The Hall–Kier alpha value is -0.670. The Bertz CT molecular complexity index is 190. The second-order valence-corrected chi connectivity index (χ2v) is 2.44. The first-order valence-electron chi connectivity index (χ1n) is 3.45. The molecular formula is C7H10ClN3. The van der Waals surface area contributed by atoms with Crippen molar-refractivity contribution in [2.24, 2.45) is 0 Å². The smallest absolute Gasteiger partial charge is 0.0724 e. The second kappa shape index (κ2) is 5.04. The number of hydrogen-bond acceptors (Lipinski definition) is 3. The Labute approximate surface area is 70.8 Å². The number of hydrogen-bond donors (Lipinski definition) is 1. The van der Waals surface area contributed by atoms with E-state index in [1.54, 1.807) is 18.6 Å². The number of alkyl halides is 1. The van der Waals surface area contributed by atoms with Gasteiger partial charge in [0.2, 0.25) is 0 Å². The van der Waals surface area contributed by atoms with Gasteiger partial charge in [-0.1, -0.05) is 0 Å². The summed E-state index contributed by atoms with van der Waals surface area (Å²) in [5, 5.41) is 3.12. The predicted molar refractivity (Wildman–Crippen MR) is 44.5 cm³/mol. The van der Waals surface area contributed by atoms with Crippen molar-refractivity contribution >= 4 is 11.6 Å². The number of nitrogens with zero attached hydrogens (tertiary/aromatic N) is 2. The van der Waals surface area contributed by atoms with Gasteiger partial charge in [-0.3, -0.25) is 9.97 Å². The molecule has 0 aliphatic heterocycles.